The monoisotopic (exact) mass is 268 g/mol. The zero-order chi connectivity index (χ0) is 13.9. The van der Waals surface area contributed by atoms with Crippen molar-refractivity contribution in [3.63, 3.8) is 0 Å². The topological polar surface area (TPSA) is 78.7 Å². The van der Waals surface area contributed by atoms with Gasteiger partial charge in [-0.15, -0.1) is 0 Å². The minimum Gasteiger partial charge on any atom is -0.369 e. The molecule has 1 unspecified atom stereocenters. The van der Waals surface area contributed by atoms with E-state index in [-0.39, 0.29) is 17.2 Å². The van der Waals surface area contributed by atoms with Crippen molar-refractivity contribution in [3.05, 3.63) is 0 Å². The number of amides is 2. The molecular formula is C13H24N4O2. The highest BCUT2D eigenvalue weighted by atomic mass is 16.2. The van der Waals surface area contributed by atoms with Crippen molar-refractivity contribution in [3.8, 4) is 0 Å². The molecule has 0 bridgehead atoms. The van der Waals surface area contributed by atoms with E-state index in [0.717, 1.165) is 45.6 Å². The molecule has 6 heteroatoms. The van der Waals surface area contributed by atoms with Crippen molar-refractivity contribution in [1.82, 2.24) is 15.1 Å². The maximum Gasteiger partial charge on any atom is 0.231 e. The van der Waals surface area contributed by atoms with Crippen LogP contribution in [0.15, 0.2) is 0 Å². The Morgan fingerprint density at radius 3 is 2.68 bits per heavy atom. The zero-order valence-corrected chi connectivity index (χ0v) is 11.7. The first-order valence-electron chi connectivity index (χ1n) is 7.02. The van der Waals surface area contributed by atoms with Crippen molar-refractivity contribution in [1.29, 1.82) is 0 Å². The van der Waals surface area contributed by atoms with Crippen LogP contribution in [-0.4, -0.2) is 67.4 Å². The van der Waals surface area contributed by atoms with Crippen LogP contribution in [0.25, 0.3) is 0 Å². The number of primary amides is 1. The molecule has 0 aromatic carbocycles. The summed E-state index contributed by atoms with van der Waals surface area (Å²) in [5.41, 5.74) is 4.97. The zero-order valence-electron chi connectivity index (χ0n) is 11.7. The van der Waals surface area contributed by atoms with Crippen LogP contribution in [-0.2, 0) is 9.59 Å². The molecule has 2 heterocycles. The van der Waals surface area contributed by atoms with E-state index < -0.39 is 0 Å². The lowest BCUT2D eigenvalue weighted by Crippen LogP contribution is -2.45. The van der Waals surface area contributed by atoms with Crippen molar-refractivity contribution in [2.75, 3.05) is 45.8 Å². The lowest BCUT2D eigenvalue weighted by Gasteiger charge is -2.30. The molecule has 108 valence electrons. The van der Waals surface area contributed by atoms with Crippen molar-refractivity contribution in [2.24, 2.45) is 11.1 Å². The highest BCUT2D eigenvalue weighted by Crippen LogP contribution is 2.27. The van der Waals surface area contributed by atoms with Crippen LogP contribution >= 0.6 is 0 Å². The largest absolute Gasteiger partial charge is 0.369 e. The van der Waals surface area contributed by atoms with Gasteiger partial charge in [0, 0.05) is 32.7 Å². The average Bonchev–Trinajstić information content (AvgIpc) is 2.67. The van der Waals surface area contributed by atoms with Gasteiger partial charge in [0.25, 0.3) is 0 Å². The van der Waals surface area contributed by atoms with Crippen molar-refractivity contribution >= 4 is 11.8 Å². The second-order valence-electron chi connectivity index (χ2n) is 5.88. The molecule has 0 aromatic heterocycles. The van der Waals surface area contributed by atoms with Crippen LogP contribution < -0.4 is 11.1 Å². The minimum absolute atomic E-state index is 0.249. The Morgan fingerprint density at radius 1 is 1.26 bits per heavy atom. The molecule has 2 amide bonds. The molecule has 0 radical (unpaired) electrons. The molecule has 1 atom stereocenters. The van der Waals surface area contributed by atoms with Gasteiger partial charge in [-0.1, -0.05) is 0 Å². The molecule has 0 aliphatic carbocycles. The smallest absolute Gasteiger partial charge is 0.231 e. The first-order valence-corrected chi connectivity index (χ1v) is 7.02. The van der Waals surface area contributed by atoms with E-state index in [9.17, 15) is 9.59 Å². The number of hydrogen-bond acceptors (Lipinski definition) is 4. The summed E-state index contributed by atoms with van der Waals surface area (Å²) in [4.78, 5) is 27.5. The quantitative estimate of drug-likeness (QED) is 0.688. The lowest BCUT2D eigenvalue weighted by atomic mass is 9.88. The summed E-state index contributed by atoms with van der Waals surface area (Å²) in [5, 5.41) is 3.26. The lowest BCUT2D eigenvalue weighted by molar-refractivity contribution is -0.140. The van der Waals surface area contributed by atoms with Crippen molar-refractivity contribution in [2.45, 2.75) is 19.8 Å². The average molecular weight is 268 g/mol. The molecule has 2 rings (SSSR count). The standard InChI is InChI=1S/C13H24N4O2/c1-13(3-4-15-10-13)12(19)17-6-2-5-16(7-8-17)9-11(14)18/h15H,2-10H2,1H3,(H2,14,18). The summed E-state index contributed by atoms with van der Waals surface area (Å²) in [6.07, 6.45) is 1.82. The molecule has 2 aliphatic rings. The Labute approximate surface area is 114 Å². The van der Waals surface area contributed by atoms with Crippen LogP contribution in [0.3, 0.4) is 0 Å². The molecular weight excluding hydrogens is 244 g/mol. The fourth-order valence-corrected chi connectivity index (χ4v) is 2.93. The fraction of sp³-hybridized carbons (Fsp3) is 0.846. The summed E-state index contributed by atoms with van der Waals surface area (Å²) < 4.78 is 0. The van der Waals surface area contributed by atoms with E-state index in [2.05, 4.69) is 5.32 Å². The number of nitrogens with zero attached hydrogens (tertiary/aromatic N) is 2. The van der Waals surface area contributed by atoms with E-state index in [1.165, 1.54) is 0 Å². The molecule has 6 nitrogen and oxygen atoms in total. The number of nitrogens with one attached hydrogen (secondary N) is 1. The molecule has 19 heavy (non-hydrogen) atoms. The molecule has 0 spiro atoms. The Balaban J connectivity index is 1.91. The molecule has 3 N–H and O–H groups in total. The van der Waals surface area contributed by atoms with Crippen LogP contribution in [0.1, 0.15) is 19.8 Å². The highest BCUT2D eigenvalue weighted by molar-refractivity contribution is 5.83. The minimum atomic E-state index is -0.299. The third kappa shape index (κ3) is 3.45. The Kier molecular flexibility index (Phi) is 4.42. The van der Waals surface area contributed by atoms with Crippen molar-refractivity contribution < 1.29 is 9.59 Å². The third-order valence-electron chi connectivity index (χ3n) is 4.14. The fourth-order valence-electron chi connectivity index (χ4n) is 2.93. The second-order valence-corrected chi connectivity index (χ2v) is 5.88. The van der Waals surface area contributed by atoms with Gasteiger partial charge in [0.15, 0.2) is 0 Å². The third-order valence-corrected chi connectivity index (χ3v) is 4.14. The van der Waals surface area contributed by atoms with Crippen LogP contribution in [0, 0.1) is 5.41 Å². The van der Waals surface area contributed by atoms with E-state index >= 15 is 0 Å². The van der Waals surface area contributed by atoms with Gasteiger partial charge >= 0.3 is 0 Å². The predicted octanol–water partition coefficient (Wildman–Crippen LogP) is -0.994. The molecule has 2 aliphatic heterocycles. The number of hydrogen-bond donors (Lipinski definition) is 2. The van der Waals surface area contributed by atoms with E-state index in [1.807, 2.05) is 16.7 Å². The van der Waals surface area contributed by atoms with Crippen LogP contribution in [0.2, 0.25) is 0 Å². The van der Waals surface area contributed by atoms with E-state index in [0.29, 0.717) is 13.1 Å². The van der Waals surface area contributed by atoms with Gasteiger partial charge < -0.3 is 16.0 Å². The normalized spacial score (nSPS) is 29.2. The maximum absolute atomic E-state index is 12.6. The summed E-state index contributed by atoms with van der Waals surface area (Å²) in [7, 11) is 0. The summed E-state index contributed by atoms with van der Waals surface area (Å²) in [6.45, 7) is 7.07. The molecule has 0 aromatic rings. The summed E-state index contributed by atoms with van der Waals surface area (Å²) >= 11 is 0. The van der Waals surface area contributed by atoms with Gasteiger partial charge in [-0.3, -0.25) is 14.5 Å². The van der Waals surface area contributed by atoms with Gasteiger partial charge in [-0.2, -0.15) is 0 Å². The first kappa shape index (κ1) is 14.3. The summed E-state index contributed by atoms with van der Waals surface area (Å²) in [6, 6.07) is 0. The van der Waals surface area contributed by atoms with Crippen LogP contribution in [0.4, 0.5) is 0 Å². The number of carbonyl (C=O) groups is 2. The SMILES string of the molecule is CC1(C(=O)N2CCCN(CC(N)=O)CC2)CCNC1. The molecule has 0 saturated carbocycles. The van der Waals surface area contributed by atoms with Crippen LogP contribution in [0.5, 0.6) is 0 Å². The Morgan fingerprint density at radius 2 is 2.05 bits per heavy atom. The second kappa shape index (κ2) is 5.88. The van der Waals surface area contributed by atoms with Gasteiger partial charge in [-0.25, -0.2) is 0 Å². The summed E-state index contributed by atoms with van der Waals surface area (Å²) in [5.74, 6) is -0.0508. The van der Waals surface area contributed by atoms with Gasteiger partial charge in [-0.05, 0) is 26.3 Å². The predicted molar refractivity (Wildman–Crippen MR) is 72.4 cm³/mol. The number of carbonyl (C=O) groups excluding carboxylic acids is 2. The number of nitrogens with two attached hydrogens (primary N) is 1. The highest BCUT2D eigenvalue weighted by Gasteiger charge is 2.39. The van der Waals surface area contributed by atoms with Gasteiger partial charge in [0.05, 0.1) is 12.0 Å². The molecule has 2 saturated heterocycles. The van der Waals surface area contributed by atoms with Gasteiger partial charge in [0.2, 0.25) is 11.8 Å². The molecule has 2 fully saturated rings. The number of rotatable bonds is 3. The first-order chi connectivity index (χ1) is 9.01. The van der Waals surface area contributed by atoms with Gasteiger partial charge in [0.1, 0.15) is 0 Å². The van der Waals surface area contributed by atoms with E-state index in [4.69, 9.17) is 5.73 Å². The Hall–Kier alpha value is -1.14. The Bertz CT molecular complexity index is 353. The van der Waals surface area contributed by atoms with E-state index in [1.54, 1.807) is 0 Å². The maximum atomic E-state index is 12.6.